The van der Waals surface area contributed by atoms with E-state index in [1.54, 1.807) is 20.8 Å². The zero-order valence-electron chi connectivity index (χ0n) is 16.8. The van der Waals surface area contributed by atoms with E-state index >= 15 is 0 Å². The Labute approximate surface area is 172 Å². The third kappa shape index (κ3) is 11.4. The van der Waals surface area contributed by atoms with Crippen LogP contribution in [0.3, 0.4) is 0 Å². The van der Waals surface area contributed by atoms with Crippen molar-refractivity contribution < 1.29 is 19.4 Å². The third-order valence-electron chi connectivity index (χ3n) is 3.74. The molecule has 0 bridgehead atoms. The summed E-state index contributed by atoms with van der Waals surface area (Å²) in [6.45, 7) is 6.56. The Kier molecular flexibility index (Phi) is 10.3. The highest BCUT2D eigenvalue weighted by molar-refractivity contribution is 7.80. The molecule has 0 heterocycles. The maximum absolute atomic E-state index is 11.7. The summed E-state index contributed by atoms with van der Waals surface area (Å²) < 4.78 is 5.10. The van der Waals surface area contributed by atoms with Crippen LogP contribution in [0.2, 0.25) is 0 Å². The Morgan fingerprint density at radius 1 is 1.11 bits per heavy atom. The summed E-state index contributed by atoms with van der Waals surface area (Å²) in [5.74, 6) is -1.07. The zero-order chi connectivity index (χ0) is 21.0. The van der Waals surface area contributed by atoms with E-state index in [4.69, 9.17) is 17.0 Å². The lowest BCUT2D eigenvalue weighted by Crippen LogP contribution is -2.43. The van der Waals surface area contributed by atoms with Gasteiger partial charge in [0.2, 0.25) is 0 Å². The first kappa shape index (κ1) is 23.7. The fraction of sp³-hybridized carbons (Fsp3) is 0.550. The number of alkyl carbamates (subject to hydrolysis) is 1. The smallest absolute Gasteiger partial charge is 0.408 e. The summed E-state index contributed by atoms with van der Waals surface area (Å²) in [5, 5.41) is 18.5. The molecule has 8 heteroatoms. The van der Waals surface area contributed by atoms with Gasteiger partial charge in [-0.05, 0) is 64.2 Å². The number of hydrogen-bond donors (Lipinski definition) is 4. The molecule has 0 aliphatic rings. The Balaban J connectivity index is 2.16. The van der Waals surface area contributed by atoms with Gasteiger partial charge in [0, 0.05) is 13.1 Å². The van der Waals surface area contributed by atoms with Gasteiger partial charge in [0.1, 0.15) is 11.6 Å². The lowest BCUT2D eigenvalue weighted by atomic mass is 10.1. The number of ether oxygens (including phenoxy) is 1. The van der Waals surface area contributed by atoms with Crippen molar-refractivity contribution in [3.63, 3.8) is 0 Å². The quantitative estimate of drug-likeness (QED) is 0.348. The highest BCUT2D eigenvalue weighted by Crippen LogP contribution is 2.08. The molecule has 1 rings (SSSR count). The van der Waals surface area contributed by atoms with Crippen LogP contribution < -0.4 is 16.0 Å². The average molecular weight is 410 g/mol. The lowest BCUT2D eigenvalue weighted by molar-refractivity contribution is -0.139. The van der Waals surface area contributed by atoms with Crippen LogP contribution in [0.4, 0.5) is 4.79 Å². The number of rotatable bonds is 10. The minimum Gasteiger partial charge on any atom is -0.480 e. The van der Waals surface area contributed by atoms with Gasteiger partial charge in [-0.15, -0.1) is 0 Å². The van der Waals surface area contributed by atoms with Crippen molar-refractivity contribution in [3.8, 4) is 0 Å². The molecule has 4 N–H and O–H groups in total. The molecule has 0 spiro atoms. The Morgan fingerprint density at radius 2 is 1.75 bits per heavy atom. The number of carbonyl (C=O) groups is 2. The van der Waals surface area contributed by atoms with Crippen LogP contribution in [-0.2, 0) is 16.0 Å². The van der Waals surface area contributed by atoms with Crippen molar-refractivity contribution in [2.75, 3.05) is 13.1 Å². The van der Waals surface area contributed by atoms with E-state index in [-0.39, 0.29) is 0 Å². The van der Waals surface area contributed by atoms with Gasteiger partial charge < -0.3 is 25.8 Å². The van der Waals surface area contributed by atoms with E-state index < -0.39 is 23.7 Å². The lowest BCUT2D eigenvalue weighted by Gasteiger charge is -2.22. The van der Waals surface area contributed by atoms with Crippen molar-refractivity contribution in [2.24, 2.45) is 0 Å². The number of hydrogen-bond acceptors (Lipinski definition) is 4. The number of benzene rings is 1. The first-order valence-corrected chi connectivity index (χ1v) is 9.86. The van der Waals surface area contributed by atoms with E-state index in [1.807, 2.05) is 18.2 Å². The van der Waals surface area contributed by atoms with Gasteiger partial charge in [-0.3, -0.25) is 0 Å². The summed E-state index contributed by atoms with van der Waals surface area (Å²) in [6, 6.07) is 9.18. The summed E-state index contributed by atoms with van der Waals surface area (Å²) in [6.07, 6.45) is 1.86. The zero-order valence-corrected chi connectivity index (χ0v) is 17.6. The highest BCUT2D eigenvalue weighted by Gasteiger charge is 2.23. The molecular weight excluding hydrogens is 378 g/mol. The first-order chi connectivity index (χ1) is 13.2. The third-order valence-corrected chi connectivity index (χ3v) is 4.02. The van der Waals surface area contributed by atoms with Crippen molar-refractivity contribution in [3.05, 3.63) is 35.9 Å². The van der Waals surface area contributed by atoms with E-state index in [0.717, 1.165) is 19.4 Å². The monoisotopic (exact) mass is 409 g/mol. The second-order valence-electron chi connectivity index (χ2n) is 7.45. The minimum atomic E-state index is -1.07. The van der Waals surface area contributed by atoms with Gasteiger partial charge in [0.05, 0.1) is 0 Å². The number of unbranched alkanes of at least 4 members (excludes halogenated alkanes) is 1. The number of carboxylic acid groups (broad SMARTS) is 1. The van der Waals surface area contributed by atoms with Gasteiger partial charge in [-0.25, -0.2) is 9.59 Å². The second-order valence-corrected chi connectivity index (χ2v) is 7.86. The van der Waals surface area contributed by atoms with E-state index in [1.165, 1.54) is 5.56 Å². The van der Waals surface area contributed by atoms with Crippen LogP contribution in [0.1, 0.15) is 45.6 Å². The maximum Gasteiger partial charge on any atom is 0.408 e. The second kappa shape index (κ2) is 12.2. The molecule has 28 heavy (non-hydrogen) atoms. The molecule has 0 radical (unpaired) electrons. The van der Waals surface area contributed by atoms with Crippen LogP contribution in [-0.4, -0.2) is 47.0 Å². The molecule has 7 nitrogen and oxygen atoms in total. The van der Waals surface area contributed by atoms with Crippen molar-refractivity contribution >= 4 is 29.4 Å². The maximum atomic E-state index is 11.7. The topological polar surface area (TPSA) is 99.7 Å². The van der Waals surface area contributed by atoms with Crippen LogP contribution in [0.5, 0.6) is 0 Å². The standard InChI is InChI=1S/C20H31N3O4S/c1-20(2,3)27-19(26)23-16(17(24)25)11-7-8-13-21-18(28)22-14-12-15-9-5-4-6-10-15/h4-6,9-10,16H,7-8,11-14H2,1-3H3,(H,23,26)(H,24,25)(H2,21,22,28)/t16-/m1/s1. The van der Waals surface area contributed by atoms with Crippen LogP contribution in [0.15, 0.2) is 30.3 Å². The predicted octanol–water partition coefficient (Wildman–Crippen LogP) is 2.84. The Hall–Kier alpha value is -2.35. The Morgan fingerprint density at radius 3 is 2.36 bits per heavy atom. The fourth-order valence-electron chi connectivity index (χ4n) is 2.41. The molecule has 1 aromatic rings. The summed E-state index contributed by atoms with van der Waals surface area (Å²) >= 11 is 5.23. The fourth-order valence-corrected chi connectivity index (χ4v) is 2.61. The molecule has 0 aliphatic heterocycles. The van der Waals surface area contributed by atoms with Crippen molar-refractivity contribution in [1.82, 2.24) is 16.0 Å². The average Bonchev–Trinajstić information content (AvgIpc) is 2.59. The Bertz CT molecular complexity index is 632. The van der Waals surface area contributed by atoms with Crippen LogP contribution in [0, 0.1) is 0 Å². The highest BCUT2D eigenvalue weighted by atomic mass is 32.1. The summed E-state index contributed by atoms with van der Waals surface area (Å²) in [5.41, 5.74) is 0.579. The summed E-state index contributed by atoms with van der Waals surface area (Å²) in [7, 11) is 0. The van der Waals surface area contributed by atoms with E-state index in [9.17, 15) is 14.7 Å². The van der Waals surface area contributed by atoms with Gasteiger partial charge in [0.25, 0.3) is 0 Å². The molecule has 1 atom stereocenters. The SMILES string of the molecule is CC(C)(C)OC(=O)N[C@H](CCCCNC(=S)NCCc1ccccc1)C(=O)O. The molecule has 1 aromatic carbocycles. The van der Waals surface area contributed by atoms with Crippen LogP contribution >= 0.6 is 12.2 Å². The number of carboxylic acids is 1. The largest absolute Gasteiger partial charge is 0.480 e. The van der Waals surface area contributed by atoms with Gasteiger partial charge in [-0.2, -0.15) is 0 Å². The molecule has 0 unspecified atom stereocenters. The molecule has 0 saturated heterocycles. The predicted molar refractivity (Wildman–Crippen MR) is 113 cm³/mol. The number of amides is 1. The van der Waals surface area contributed by atoms with Crippen molar-refractivity contribution in [2.45, 2.75) is 58.1 Å². The summed E-state index contributed by atoms with van der Waals surface area (Å²) in [4.78, 5) is 23.0. The normalized spacial score (nSPS) is 12.0. The number of aliphatic carboxylic acids is 1. The molecule has 156 valence electrons. The minimum absolute atomic E-state index is 0.324. The molecule has 0 aromatic heterocycles. The van der Waals surface area contributed by atoms with E-state index in [2.05, 4.69) is 28.1 Å². The number of carbonyl (C=O) groups excluding carboxylic acids is 1. The number of thiocarbonyl (C=S) groups is 1. The van der Waals surface area contributed by atoms with Crippen LogP contribution in [0.25, 0.3) is 0 Å². The molecular formula is C20H31N3O4S. The molecule has 1 amide bonds. The molecule has 0 saturated carbocycles. The molecule has 0 aliphatic carbocycles. The van der Waals surface area contributed by atoms with Gasteiger partial charge in [-0.1, -0.05) is 30.3 Å². The first-order valence-electron chi connectivity index (χ1n) is 9.45. The van der Waals surface area contributed by atoms with E-state index in [0.29, 0.717) is 24.5 Å². The van der Waals surface area contributed by atoms with Gasteiger partial charge >= 0.3 is 12.1 Å². The van der Waals surface area contributed by atoms with Crippen molar-refractivity contribution in [1.29, 1.82) is 0 Å². The molecule has 0 fully saturated rings. The van der Waals surface area contributed by atoms with Gasteiger partial charge in [0.15, 0.2) is 5.11 Å². The number of nitrogens with one attached hydrogen (secondary N) is 3.